The number of aliphatic hydroxyl groups excluding tert-OH is 1. The van der Waals surface area contributed by atoms with Gasteiger partial charge < -0.3 is 15.7 Å². The van der Waals surface area contributed by atoms with Gasteiger partial charge in [-0.15, -0.1) is 0 Å². The second kappa shape index (κ2) is 11.0. The number of hydrogen-bond acceptors (Lipinski definition) is 2. The summed E-state index contributed by atoms with van der Waals surface area (Å²) in [6, 6.07) is 5.21. The van der Waals surface area contributed by atoms with E-state index in [4.69, 9.17) is 5.11 Å². The Balaban J connectivity index is 2.72. The minimum absolute atomic E-state index is 0.143. The fraction of sp³-hybridized carbons (Fsp3) is 0.611. The van der Waals surface area contributed by atoms with Crippen molar-refractivity contribution in [1.82, 2.24) is 10.6 Å². The standard InChI is InChI=1S/C18H28F3N3O/c1-3-6-14(9-10-25)12-23-17(22-4-2)24-13-15-7-5-8-16(11-15)18(19,20)21/h5,7-8,11,14,25H,3-4,6,9-10,12-13H2,1-2H3,(H2,22,23,24). The van der Waals surface area contributed by atoms with Gasteiger partial charge in [-0.2, -0.15) is 13.2 Å². The lowest BCUT2D eigenvalue weighted by Gasteiger charge is -2.18. The first-order valence-electron chi connectivity index (χ1n) is 8.69. The van der Waals surface area contributed by atoms with Gasteiger partial charge in [-0.1, -0.05) is 25.5 Å². The Hall–Kier alpha value is -1.76. The first-order valence-corrected chi connectivity index (χ1v) is 8.69. The number of hydrogen-bond donors (Lipinski definition) is 3. The third-order valence-corrected chi connectivity index (χ3v) is 3.81. The highest BCUT2D eigenvalue weighted by Crippen LogP contribution is 2.29. The van der Waals surface area contributed by atoms with Crippen LogP contribution in [0.1, 0.15) is 44.2 Å². The maximum atomic E-state index is 12.8. The molecular formula is C18H28F3N3O. The molecule has 0 bridgehead atoms. The van der Waals surface area contributed by atoms with Crippen LogP contribution in [0, 0.1) is 5.92 Å². The summed E-state index contributed by atoms with van der Waals surface area (Å²) in [5, 5.41) is 15.4. The molecule has 1 aromatic rings. The Morgan fingerprint density at radius 3 is 2.56 bits per heavy atom. The van der Waals surface area contributed by atoms with E-state index in [0.717, 1.165) is 25.0 Å². The van der Waals surface area contributed by atoms with E-state index in [-0.39, 0.29) is 13.2 Å². The van der Waals surface area contributed by atoms with Crippen LogP contribution in [0.25, 0.3) is 0 Å². The van der Waals surface area contributed by atoms with Crippen LogP contribution >= 0.6 is 0 Å². The zero-order valence-electron chi connectivity index (χ0n) is 14.9. The molecule has 0 aromatic heterocycles. The fourth-order valence-corrected chi connectivity index (χ4v) is 2.54. The zero-order chi connectivity index (χ0) is 18.7. The van der Waals surface area contributed by atoms with E-state index >= 15 is 0 Å². The molecular weight excluding hydrogens is 331 g/mol. The highest BCUT2D eigenvalue weighted by Gasteiger charge is 2.30. The SMILES string of the molecule is CCCC(CCO)CNC(=NCc1cccc(C(F)(F)F)c1)NCC. The van der Waals surface area contributed by atoms with Crippen LogP contribution in [0.2, 0.25) is 0 Å². The van der Waals surface area contributed by atoms with E-state index in [1.54, 1.807) is 6.07 Å². The first kappa shape index (κ1) is 21.3. The van der Waals surface area contributed by atoms with Crippen molar-refractivity contribution in [3.8, 4) is 0 Å². The molecule has 4 nitrogen and oxygen atoms in total. The number of nitrogens with zero attached hydrogens (tertiary/aromatic N) is 1. The Kier molecular flexibility index (Phi) is 9.34. The maximum absolute atomic E-state index is 12.8. The smallest absolute Gasteiger partial charge is 0.396 e. The molecule has 3 N–H and O–H groups in total. The van der Waals surface area contributed by atoms with Crippen LogP contribution in [0.15, 0.2) is 29.3 Å². The molecule has 25 heavy (non-hydrogen) atoms. The summed E-state index contributed by atoms with van der Waals surface area (Å²) in [6.45, 7) is 5.66. The summed E-state index contributed by atoms with van der Waals surface area (Å²) < 4.78 is 38.3. The van der Waals surface area contributed by atoms with E-state index in [0.29, 0.717) is 37.0 Å². The van der Waals surface area contributed by atoms with E-state index < -0.39 is 11.7 Å². The number of guanidine groups is 1. The van der Waals surface area contributed by atoms with E-state index in [2.05, 4.69) is 22.5 Å². The first-order chi connectivity index (χ1) is 11.9. The third-order valence-electron chi connectivity index (χ3n) is 3.81. The largest absolute Gasteiger partial charge is 0.416 e. The van der Waals surface area contributed by atoms with Crippen LogP contribution in [0.5, 0.6) is 0 Å². The number of rotatable bonds is 9. The number of alkyl halides is 3. The lowest BCUT2D eigenvalue weighted by Crippen LogP contribution is -2.40. The van der Waals surface area contributed by atoms with Gasteiger partial charge in [-0.25, -0.2) is 4.99 Å². The highest BCUT2D eigenvalue weighted by molar-refractivity contribution is 5.79. The number of aliphatic imine (C=N–C) groups is 1. The Bertz CT molecular complexity index is 527. The second-order valence-corrected chi connectivity index (χ2v) is 5.94. The van der Waals surface area contributed by atoms with Crippen molar-refractivity contribution in [2.24, 2.45) is 10.9 Å². The molecule has 7 heteroatoms. The molecule has 0 radical (unpaired) electrons. The summed E-state index contributed by atoms with van der Waals surface area (Å²) in [4.78, 5) is 4.36. The molecule has 142 valence electrons. The lowest BCUT2D eigenvalue weighted by atomic mass is 10.0. The normalized spacial score (nSPS) is 13.6. The number of aliphatic hydroxyl groups is 1. The van der Waals surface area contributed by atoms with Crippen LogP contribution in [0.3, 0.4) is 0 Å². The Morgan fingerprint density at radius 2 is 1.96 bits per heavy atom. The quantitative estimate of drug-likeness (QED) is 0.467. The van der Waals surface area contributed by atoms with Crippen LogP contribution < -0.4 is 10.6 Å². The monoisotopic (exact) mass is 359 g/mol. The summed E-state index contributed by atoms with van der Waals surface area (Å²) in [5.41, 5.74) is -0.156. The van der Waals surface area contributed by atoms with Crippen LogP contribution in [-0.2, 0) is 12.7 Å². The molecule has 1 atom stereocenters. The van der Waals surface area contributed by atoms with Gasteiger partial charge in [-0.3, -0.25) is 0 Å². The minimum atomic E-state index is -4.35. The molecule has 0 aliphatic carbocycles. The highest BCUT2D eigenvalue weighted by atomic mass is 19.4. The predicted molar refractivity (Wildman–Crippen MR) is 94.4 cm³/mol. The minimum Gasteiger partial charge on any atom is -0.396 e. The van der Waals surface area contributed by atoms with Gasteiger partial charge in [0.15, 0.2) is 5.96 Å². The average molecular weight is 359 g/mol. The fourth-order valence-electron chi connectivity index (χ4n) is 2.54. The van der Waals surface area contributed by atoms with E-state index in [1.165, 1.54) is 6.07 Å². The summed E-state index contributed by atoms with van der Waals surface area (Å²) >= 11 is 0. The van der Waals surface area contributed by atoms with Crippen LogP contribution in [0.4, 0.5) is 13.2 Å². The number of nitrogens with one attached hydrogen (secondary N) is 2. The zero-order valence-corrected chi connectivity index (χ0v) is 14.9. The van der Waals surface area contributed by atoms with Crippen molar-refractivity contribution in [1.29, 1.82) is 0 Å². The molecule has 0 spiro atoms. The van der Waals surface area contributed by atoms with Crippen molar-refractivity contribution in [3.63, 3.8) is 0 Å². The molecule has 0 heterocycles. The summed E-state index contributed by atoms with van der Waals surface area (Å²) in [5.74, 6) is 0.909. The Labute approximate surface area is 147 Å². The van der Waals surface area contributed by atoms with Gasteiger partial charge in [0.1, 0.15) is 0 Å². The van der Waals surface area contributed by atoms with E-state index in [9.17, 15) is 13.2 Å². The van der Waals surface area contributed by atoms with Crippen LogP contribution in [-0.4, -0.2) is 30.8 Å². The van der Waals surface area contributed by atoms with Crippen molar-refractivity contribution >= 4 is 5.96 Å². The molecule has 0 fully saturated rings. The molecule has 0 aliphatic heterocycles. The molecule has 0 amide bonds. The van der Waals surface area contributed by atoms with Gasteiger partial charge in [0.25, 0.3) is 0 Å². The van der Waals surface area contributed by atoms with Gasteiger partial charge in [0, 0.05) is 19.7 Å². The molecule has 1 rings (SSSR count). The molecule has 1 unspecified atom stereocenters. The molecule has 1 aromatic carbocycles. The second-order valence-electron chi connectivity index (χ2n) is 5.94. The van der Waals surface area contributed by atoms with Gasteiger partial charge in [0.05, 0.1) is 12.1 Å². The Morgan fingerprint density at radius 1 is 1.20 bits per heavy atom. The van der Waals surface area contributed by atoms with Crippen molar-refractivity contribution < 1.29 is 18.3 Å². The maximum Gasteiger partial charge on any atom is 0.416 e. The van der Waals surface area contributed by atoms with Crippen molar-refractivity contribution in [2.75, 3.05) is 19.7 Å². The number of halogens is 3. The lowest BCUT2D eigenvalue weighted by molar-refractivity contribution is -0.137. The summed E-state index contributed by atoms with van der Waals surface area (Å²) in [6.07, 6.45) is -1.60. The topological polar surface area (TPSA) is 56.6 Å². The molecule has 0 aliphatic rings. The molecule has 0 saturated carbocycles. The van der Waals surface area contributed by atoms with Gasteiger partial charge in [0.2, 0.25) is 0 Å². The van der Waals surface area contributed by atoms with Gasteiger partial charge in [-0.05, 0) is 43.4 Å². The van der Waals surface area contributed by atoms with Crippen molar-refractivity contribution in [3.05, 3.63) is 35.4 Å². The van der Waals surface area contributed by atoms with Crippen molar-refractivity contribution in [2.45, 2.75) is 45.8 Å². The third kappa shape index (κ3) is 8.25. The average Bonchev–Trinajstić information content (AvgIpc) is 2.57. The summed E-state index contributed by atoms with van der Waals surface area (Å²) in [7, 11) is 0. The van der Waals surface area contributed by atoms with E-state index in [1.807, 2.05) is 6.92 Å². The number of benzene rings is 1. The van der Waals surface area contributed by atoms with Gasteiger partial charge >= 0.3 is 6.18 Å². The predicted octanol–water partition coefficient (Wildman–Crippen LogP) is 3.56. The molecule has 0 saturated heterocycles.